The predicted molar refractivity (Wildman–Crippen MR) is 58.1 cm³/mol. The summed E-state index contributed by atoms with van der Waals surface area (Å²) in [6, 6.07) is 1.76. The number of aliphatic hydroxyl groups is 1. The zero-order valence-electron chi connectivity index (χ0n) is 9.47. The van der Waals surface area contributed by atoms with Crippen LogP contribution in [0.15, 0.2) is 6.07 Å². The summed E-state index contributed by atoms with van der Waals surface area (Å²) in [7, 11) is 0. The Morgan fingerprint density at radius 1 is 1.56 bits per heavy atom. The number of nitrogens with zero attached hydrogens (tertiary/aromatic N) is 3. The fourth-order valence-corrected chi connectivity index (χ4v) is 1.75. The third-order valence-corrected chi connectivity index (χ3v) is 2.71. The van der Waals surface area contributed by atoms with Crippen molar-refractivity contribution in [3.63, 3.8) is 0 Å². The zero-order chi connectivity index (χ0) is 11.7. The van der Waals surface area contributed by atoms with Crippen molar-refractivity contribution in [3.8, 4) is 0 Å². The molecule has 0 aromatic carbocycles. The van der Waals surface area contributed by atoms with Gasteiger partial charge in [0.1, 0.15) is 0 Å². The maximum Gasteiger partial charge on any atom is 0.256 e. The van der Waals surface area contributed by atoms with Crippen molar-refractivity contribution in [2.24, 2.45) is 0 Å². The number of aryl methyl sites for hydroxylation is 2. The first kappa shape index (κ1) is 11.0. The molecule has 1 saturated heterocycles. The van der Waals surface area contributed by atoms with E-state index in [0.29, 0.717) is 25.1 Å². The Labute approximate surface area is 94.1 Å². The molecule has 2 rings (SSSR count). The third-order valence-electron chi connectivity index (χ3n) is 2.71. The Bertz CT molecular complexity index is 414. The molecule has 1 aliphatic rings. The highest BCUT2D eigenvalue weighted by atomic mass is 16.3. The molecule has 5 nitrogen and oxygen atoms in total. The standard InChI is InChI=1S/C11H15N3O2/c1-3-10-9(4-7(2)12-13-10)11(16)14-5-8(15)6-14/h4,8,15H,3,5-6H2,1-2H3. The van der Waals surface area contributed by atoms with Gasteiger partial charge in [0.2, 0.25) is 0 Å². The van der Waals surface area contributed by atoms with E-state index in [2.05, 4.69) is 10.2 Å². The Morgan fingerprint density at radius 3 is 2.81 bits per heavy atom. The van der Waals surface area contributed by atoms with Gasteiger partial charge >= 0.3 is 0 Å². The Kier molecular flexibility index (Phi) is 2.87. The summed E-state index contributed by atoms with van der Waals surface area (Å²) in [6.45, 7) is 4.60. The van der Waals surface area contributed by atoms with Gasteiger partial charge in [0.05, 0.1) is 23.1 Å². The molecule has 86 valence electrons. The molecule has 1 fully saturated rings. The van der Waals surface area contributed by atoms with Gasteiger partial charge in [0.25, 0.3) is 5.91 Å². The van der Waals surface area contributed by atoms with Crippen LogP contribution in [-0.4, -0.2) is 45.3 Å². The lowest BCUT2D eigenvalue weighted by molar-refractivity contribution is 0.00576. The lowest BCUT2D eigenvalue weighted by Gasteiger charge is -2.36. The molecular formula is C11H15N3O2. The molecule has 0 saturated carbocycles. The molecule has 16 heavy (non-hydrogen) atoms. The van der Waals surface area contributed by atoms with Crippen LogP contribution in [0.2, 0.25) is 0 Å². The van der Waals surface area contributed by atoms with Gasteiger partial charge in [0, 0.05) is 13.1 Å². The summed E-state index contributed by atoms with van der Waals surface area (Å²) >= 11 is 0. The van der Waals surface area contributed by atoms with Crippen LogP contribution in [0.25, 0.3) is 0 Å². The van der Waals surface area contributed by atoms with Gasteiger partial charge in [-0.15, -0.1) is 0 Å². The highest BCUT2D eigenvalue weighted by Gasteiger charge is 2.30. The maximum absolute atomic E-state index is 12.1. The minimum Gasteiger partial charge on any atom is -0.389 e. The Balaban J connectivity index is 2.24. The van der Waals surface area contributed by atoms with E-state index in [1.165, 1.54) is 0 Å². The summed E-state index contributed by atoms with van der Waals surface area (Å²) in [5.74, 6) is -0.0554. The van der Waals surface area contributed by atoms with Crippen LogP contribution in [0.4, 0.5) is 0 Å². The first-order valence-electron chi connectivity index (χ1n) is 5.42. The van der Waals surface area contributed by atoms with Crippen molar-refractivity contribution in [2.75, 3.05) is 13.1 Å². The first-order chi connectivity index (χ1) is 7.61. The van der Waals surface area contributed by atoms with Gasteiger partial charge in [-0.25, -0.2) is 0 Å². The Hall–Kier alpha value is -1.49. The van der Waals surface area contributed by atoms with E-state index >= 15 is 0 Å². The van der Waals surface area contributed by atoms with Gasteiger partial charge in [-0.2, -0.15) is 10.2 Å². The highest BCUT2D eigenvalue weighted by molar-refractivity contribution is 5.95. The van der Waals surface area contributed by atoms with Crippen molar-refractivity contribution in [1.29, 1.82) is 0 Å². The molecular weight excluding hydrogens is 206 g/mol. The molecule has 1 amide bonds. The molecule has 1 aromatic heterocycles. The third kappa shape index (κ3) is 1.90. The predicted octanol–water partition coefficient (Wildman–Crippen LogP) is 0.164. The van der Waals surface area contributed by atoms with Crippen LogP contribution in [0, 0.1) is 6.92 Å². The SMILES string of the molecule is CCc1nnc(C)cc1C(=O)N1CC(O)C1. The van der Waals surface area contributed by atoms with Crippen molar-refractivity contribution >= 4 is 5.91 Å². The van der Waals surface area contributed by atoms with Crippen LogP contribution >= 0.6 is 0 Å². The summed E-state index contributed by atoms with van der Waals surface area (Å²) in [5.41, 5.74) is 2.07. The van der Waals surface area contributed by atoms with E-state index in [-0.39, 0.29) is 12.0 Å². The molecule has 0 unspecified atom stereocenters. The van der Waals surface area contributed by atoms with E-state index in [1.807, 2.05) is 13.8 Å². The molecule has 1 aromatic rings. The molecule has 1 aliphatic heterocycles. The van der Waals surface area contributed by atoms with Gasteiger partial charge in [-0.3, -0.25) is 4.79 Å². The van der Waals surface area contributed by atoms with Crippen LogP contribution in [-0.2, 0) is 6.42 Å². The average Bonchev–Trinajstić information content (AvgIpc) is 2.24. The average molecular weight is 221 g/mol. The van der Waals surface area contributed by atoms with Crippen molar-refractivity contribution < 1.29 is 9.90 Å². The smallest absolute Gasteiger partial charge is 0.256 e. The number of aromatic nitrogens is 2. The first-order valence-corrected chi connectivity index (χ1v) is 5.42. The molecule has 0 bridgehead atoms. The van der Waals surface area contributed by atoms with Gasteiger partial charge in [-0.05, 0) is 19.4 Å². The van der Waals surface area contributed by atoms with Crippen LogP contribution < -0.4 is 0 Å². The number of carbonyl (C=O) groups is 1. The van der Waals surface area contributed by atoms with Crippen molar-refractivity contribution in [1.82, 2.24) is 15.1 Å². The van der Waals surface area contributed by atoms with Crippen LogP contribution in [0.1, 0.15) is 28.7 Å². The minimum atomic E-state index is -0.370. The second-order valence-corrected chi connectivity index (χ2v) is 4.06. The number of hydrogen-bond acceptors (Lipinski definition) is 4. The monoisotopic (exact) mass is 221 g/mol. The summed E-state index contributed by atoms with van der Waals surface area (Å²) in [4.78, 5) is 13.7. The molecule has 5 heteroatoms. The van der Waals surface area contributed by atoms with E-state index < -0.39 is 0 Å². The lowest BCUT2D eigenvalue weighted by atomic mass is 10.1. The number of rotatable bonds is 2. The molecule has 0 spiro atoms. The van der Waals surface area contributed by atoms with Gasteiger partial charge in [-0.1, -0.05) is 6.92 Å². The maximum atomic E-state index is 12.1. The Morgan fingerprint density at radius 2 is 2.25 bits per heavy atom. The molecule has 0 radical (unpaired) electrons. The number of hydrogen-bond donors (Lipinski definition) is 1. The fourth-order valence-electron chi connectivity index (χ4n) is 1.75. The second-order valence-electron chi connectivity index (χ2n) is 4.06. The van der Waals surface area contributed by atoms with Crippen molar-refractivity contribution in [3.05, 3.63) is 23.0 Å². The lowest BCUT2D eigenvalue weighted by Crippen LogP contribution is -2.53. The topological polar surface area (TPSA) is 66.3 Å². The normalized spacial score (nSPS) is 16.1. The molecule has 2 heterocycles. The van der Waals surface area contributed by atoms with Crippen LogP contribution in [0.3, 0.4) is 0 Å². The quantitative estimate of drug-likeness (QED) is 0.772. The molecule has 0 aliphatic carbocycles. The number of carbonyl (C=O) groups excluding carboxylic acids is 1. The van der Waals surface area contributed by atoms with Crippen LogP contribution in [0.5, 0.6) is 0 Å². The fraction of sp³-hybridized carbons (Fsp3) is 0.545. The minimum absolute atomic E-state index is 0.0554. The summed E-state index contributed by atoms with van der Waals surface area (Å²) in [5, 5.41) is 17.1. The van der Waals surface area contributed by atoms with E-state index in [9.17, 15) is 9.90 Å². The van der Waals surface area contributed by atoms with Gasteiger partial charge < -0.3 is 10.0 Å². The van der Waals surface area contributed by atoms with Gasteiger partial charge in [0.15, 0.2) is 0 Å². The number of amides is 1. The number of aliphatic hydroxyl groups excluding tert-OH is 1. The van der Waals surface area contributed by atoms with E-state index in [1.54, 1.807) is 11.0 Å². The highest BCUT2D eigenvalue weighted by Crippen LogP contribution is 2.16. The number of likely N-dealkylation sites (tertiary alicyclic amines) is 1. The summed E-state index contributed by atoms with van der Waals surface area (Å²) < 4.78 is 0. The molecule has 1 N–H and O–H groups in total. The summed E-state index contributed by atoms with van der Waals surface area (Å²) in [6.07, 6.45) is 0.315. The molecule has 0 atom stereocenters. The number of β-amino-alcohol motifs (C(OH)–C–C–N with tert-alkyl or cyclic N) is 1. The van der Waals surface area contributed by atoms with E-state index in [0.717, 1.165) is 11.4 Å². The van der Waals surface area contributed by atoms with Crippen molar-refractivity contribution in [2.45, 2.75) is 26.4 Å². The zero-order valence-corrected chi connectivity index (χ0v) is 9.47. The van der Waals surface area contributed by atoms with E-state index in [4.69, 9.17) is 0 Å². The second kappa shape index (κ2) is 4.17. The largest absolute Gasteiger partial charge is 0.389 e.